The van der Waals surface area contributed by atoms with Crippen LogP contribution < -0.4 is 14.8 Å². The summed E-state index contributed by atoms with van der Waals surface area (Å²) < 4.78 is 10.4. The summed E-state index contributed by atoms with van der Waals surface area (Å²) in [6.07, 6.45) is 3.24. The Bertz CT molecular complexity index is 735. The maximum Gasteiger partial charge on any atom is 0.248 e. The minimum absolute atomic E-state index is 0.174. The van der Waals surface area contributed by atoms with Crippen LogP contribution in [0.25, 0.3) is 6.08 Å². The van der Waals surface area contributed by atoms with E-state index in [-0.39, 0.29) is 5.91 Å². The van der Waals surface area contributed by atoms with Gasteiger partial charge in [0.2, 0.25) is 5.91 Å². The minimum atomic E-state index is -0.174. The van der Waals surface area contributed by atoms with Gasteiger partial charge in [-0.25, -0.2) is 0 Å². The first kappa shape index (κ1) is 16.6. The van der Waals surface area contributed by atoms with E-state index in [2.05, 4.69) is 5.32 Å². The van der Waals surface area contributed by atoms with Crippen LogP contribution in [0.4, 0.5) is 5.69 Å². The van der Waals surface area contributed by atoms with Crippen molar-refractivity contribution in [3.63, 3.8) is 0 Å². The molecule has 0 aromatic heterocycles. The molecule has 23 heavy (non-hydrogen) atoms. The van der Waals surface area contributed by atoms with Gasteiger partial charge in [-0.15, -0.1) is 0 Å². The van der Waals surface area contributed by atoms with E-state index in [1.54, 1.807) is 26.4 Å². The molecule has 120 valence electrons. The second-order valence-corrected chi connectivity index (χ2v) is 5.26. The molecule has 1 N–H and O–H groups in total. The zero-order valence-corrected chi connectivity index (χ0v) is 13.8. The smallest absolute Gasteiger partial charge is 0.248 e. The summed E-state index contributed by atoms with van der Waals surface area (Å²) in [4.78, 5) is 12.0. The maximum atomic E-state index is 12.0. The second kappa shape index (κ2) is 7.49. The number of hydrogen-bond acceptors (Lipinski definition) is 3. The first-order valence-corrected chi connectivity index (χ1v) is 7.32. The Morgan fingerprint density at radius 2 is 1.74 bits per heavy atom. The van der Waals surface area contributed by atoms with Crippen LogP contribution >= 0.6 is 0 Å². The number of rotatable bonds is 5. The minimum Gasteiger partial charge on any atom is -0.493 e. The third-order valence-corrected chi connectivity index (χ3v) is 3.47. The Kier molecular flexibility index (Phi) is 5.41. The average molecular weight is 311 g/mol. The fourth-order valence-corrected chi connectivity index (χ4v) is 2.26. The highest BCUT2D eigenvalue weighted by atomic mass is 16.5. The van der Waals surface area contributed by atoms with Crippen molar-refractivity contribution in [2.45, 2.75) is 13.8 Å². The van der Waals surface area contributed by atoms with Crippen molar-refractivity contribution in [3.8, 4) is 11.5 Å². The second-order valence-electron chi connectivity index (χ2n) is 5.26. The molecule has 4 nitrogen and oxygen atoms in total. The number of nitrogens with one attached hydrogen (secondary N) is 1. The van der Waals surface area contributed by atoms with E-state index in [0.29, 0.717) is 11.5 Å². The number of anilines is 1. The van der Waals surface area contributed by atoms with E-state index in [1.807, 2.05) is 44.2 Å². The first-order chi connectivity index (χ1) is 11.0. The van der Waals surface area contributed by atoms with Crippen molar-refractivity contribution in [1.82, 2.24) is 0 Å². The summed E-state index contributed by atoms with van der Waals surface area (Å²) in [6, 6.07) is 11.4. The Morgan fingerprint density at radius 3 is 2.39 bits per heavy atom. The molecule has 4 heteroatoms. The first-order valence-electron chi connectivity index (χ1n) is 7.32. The molecule has 0 heterocycles. The van der Waals surface area contributed by atoms with Gasteiger partial charge in [-0.1, -0.05) is 23.8 Å². The van der Waals surface area contributed by atoms with Crippen LogP contribution in [0.1, 0.15) is 16.7 Å². The molecule has 0 spiro atoms. The van der Waals surface area contributed by atoms with Crippen LogP contribution in [0.3, 0.4) is 0 Å². The van der Waals surface area contributed by atoms with Gasteiger partial charge in [0.25, 0.3) is 0 Å². The van der Waals surface area contributed by atoms with Crippen LogP contribution in [0.5, 0.6) is 11.5 Å². The molecule has 0 aliphatic heterocycles. The standard InChI is InChI=1S/C19H21NO3/c1-13-5-8-16(14(2)11-13)20-19(21)10-7-15-6-9-17(22-3)18(12-15)23-4/h5-12H,1-4H3,(H,20,21). The highest BCUT2D eigenvalue weighted by Crippen LogP contribution is 2.28. The summed E-state index contributed by atoms with van der Waals surface area (Å²) in [6.45, 7) is 4.00. The molecule has 2 rings (SSSR count). The highest BCUT2D eigenvalue weighted by molar-refractivity contribution is 6.02. The molecule has 0 saturated heterocycles. The summed E-state index contributed by atoms with van der Waals surface area (Å²) in [5.74, 6) is 1.11. The maximum absolute atomic E-state index is 12.0. The molecule has 2 aromatic rings. The van der Waals surface area contributed by atoms with E-state index >= 15 is 0 Å². The van der Waals surface area contributed by atoms with Crippen LogP contribution in [0, 0.1) is 13.8 Å². The van der Waals surface area contributed by atoms with Crippen molar-refractivity contribution in [2.24, 2.45) is 0 Å². The highest BCUT2D eigenvalue weighted by Gasteiger charge is 2.04. The lowest BCUT2D eigenvalue weighted by atomic mass is 10.1. The molecule has 2 aromatic carbocycles. The topological polar surface area (TPSA) is 47.6 Å². The molecule has 0 saturated carbocycles. The zero-order valence-electron chi connectivity index (χ0n) is 13.8. The van der Waals surface area contributed by atoms with Gasteiger partial charge in [0.15, 0.2) is 11.5 Å². The summed E-state index contributed by atoms with van der Waals surface area (Å²) in [7, 11) is 3.17. The molecule has 0 aliphatic rings. The fourth-order valence-electron chi connectivity index (χ4n) is 2.26. The predicted octanol–water partition coefficient (Wildman–Crippen LogP) is 3.97. The normalized spacial score (nSPS) is 10.6. The number of carbonyl (C=O) groups excluding carboxylic acids is 1. The number of hydrogen-bond donors (Lipinski definition) is 1. The quantitative estimate of drug-likeness (QED) is 0.850. The van der Waals surface area contributed by atoms with Crippen LogP contribution in [-0.2, 0) is 4.79 Å². The number of ether oxygens (including phenoxy) is 2. The number of amides is 1. The molecular weight excluding hydrogens is 290 g/mol. The van der Waals surface area contributed by atoms with Crippen LogP contribution in [-0.4, -0.2) is 20.1 Å². The van der Waals surface area contributed by atoms with E-state index in [1.165, 1.54) is 11.6 Å². The third kappa shape index (κ3) is 4.36. The average Bonchev–Trinajstić information content (AvgIpc) is 2.55. The van der Waals surface area contributed by atoms with Crippen molar-refractivity contribution in [3.05, 3.63) is 59.2 Å². The van der Waals surface area contributed by atoms with Crippen LogP contribution in [0.15, 0.2) is 42.5 Å². The van der Waals surface area contributed by atoms with E-state index in [4.69, 9.17) is 9.47 Å². The lowest BCUT2D eigenvalue weighted by Gasteiger charge is -2.08. The Morgan fingerprint density at radius 1 is 1.00 bits per heavy atom. The van der Waals surface area contributed by atoms with Gasteiger partial charge >= 0.3 is 0 Å². The van der Waals surface area contributed by atoms with Gasteiger partial charge in [-0.05, 0) is 49.2 Å². The Balaban J connectivity index is 2.09. The predicted molar refractivity (Wildman–Crippen MR) is 93.1 cm³/mol. The van der Waals surface area contributed by atoms with E-state index in [0.717, 1.165) is 16.8 Å². The van der Waals surface area contributed by atoms with Crippen molar-refractivity contribution >= 4 is 17.7 Å². The Labute approximate surface area is 136 Å². The number of benzene rings is 2. The number of methoxy groups -OCH3 is 2. The van der Waals surface area contributed by atoms with Crippen molar-refractivity contribution in [2.75, 3.05) is 19.5 Å². The SMILES string of the molecule is COc1ccc(C=CC(=O)Nc2ccc(C)cc2C)cc1OC. The zero-order chi connectivity index (χ0) is 16.8. The van der Waals surface area contributed by atoms with Crippen LogP contribution in [0.2, 0.25) is 0 Å². The van der Waals surface area contributed by atoms with Gasteiger partial charge in [-0.2, -0.15) is 0 Å². The molecule has 0 fully saturated rings. The Hall–Kier alpha value is -2.75. The summed E-state index contributed by atoms with van der Waals surface area (Å²) in [5.41, 5.74) is 3.88. The molecule has 0 bridgehead atoms. The lowest BCUT2D eigenvalue weighted by Crippen LogP contribution is -2.08. The van der Waals surface area contributed by atoms with Gasteiger partial charge < -0.3 is 14.8 Å². The van der Waals surface area contributed by atoms with Gasteiger partial charge in [0.1, 0.15) is 0 Å². The summed E-state index contributed by atoms with van der Waals surface area (Å²) >= 11 is 0. The number of aryl methyl sites for hydroxylation is 2. The molecule has 0 atom stereocenters. The largest absolute Gasteiger partial charge is 0.493 e. The number of carbonyl (C=O) groups is 1. The fraction of sp³-hybridized carbons (Fsp3) is 0.211. The van der Waals surface area contributed by atoms with Crippen molar-refractivity contribution in [1.29, 1.82) is 0 Å². The van der Waals surface area contributed by atoms with Gasteiger partial charge in [-0.3, -0.25) is 4.79 Å². The molecule has 0 radical (unpaired) electrons. The molecule has 0 aliphatic carbocycles. The van der Waals surface area contributed by atoms with Crippen molar-refractivity contribution < 1.29 is 14.3 Å². The molecular formula is C19H21NO3. The van der Waals surface area contributed by atoms with E-state index < -0.39 is 0 Å². The van der Waals surface area contributed by atoms with E-state index in [9.17, 15) is 4.79 Å². The third-order valence-electron chi connectivity index (χ3n) is 3.47. The molecule has 0 unspecified atom stereocenters. The molecule has 1 amide bonds. The van der Waals surface area contributed by atoms with Gasteiger partial charge in [0.05, 0.1) is 14.2 Å². The lowest BCUT2D eigenvalue weighted by molar-refractivity contribution is -0.111. The summed E-state index contributed by atoms with van der Waals surface area (Å²) in [5, 5.41) is 2.88. The van der Waals surface area contributed by atoms with Gasteiger partial charge in [0, 0.05) is 11.8 Å². The monoisotopic (exact) mass is 311 g/mol.